The number of rotatable bonds is 4. The van der Waals surface area contributed by atoms with E-state index in [2.05, 4.69) is 10.3 Å². The third kappa shape index (κ3) is 2.48. The van der Waals surface area contributed by atoms with Crippen LogP contribution in [0.1, 0.15) is 17.3 Å². The lowest BCUT2D eigenvalue weighted by atomic mass is 10.1. The predicted molar refractivity (Wildman–Crippen MR) is 84.8 cm³/mol. The minimum atomic E-state index is -0.648. The highest BCUT2D eigenvalue weighted by Gasteiger charge is 2.21. The van der Waals surface area contributed by atoms with Crippen LogP contribution in [-0.2, 0) is 11.3 Å². The molecule has 3 rings (SSSR count). The summed E-state index contributed by atoms with van der Waals surface area (Å²) in [4.78, 5) is 28.5. The van der Waals surface area contributed by atoms with Crippen LogP contribution in [0.2, 0.25) is 0 Å². The number of carbonyl (C=O) groups is 2. The fraction of sp³-hybridized carbons (Fsp3) is 0.118. The van der Waals surface area contributed by atoms with E-state index in [-0.39, 0.29) is 0 Å². The van der Waals surface area contributed by atoms with Crippen molar-refractivity contribution in [3.8, 4) is 0 Å². The maximum atomic E-state index is 12.5. The third-order valence-electron chi connectivity index (χ3n) is 3.52. The van der Waals surface area contributed by atoms with Crippen LogP contribution in [0, 0.1) is 0 Å². The van der Waals surface area contributed by atoms with E-state index >= 15 is 0 Å². The summed E-state index contributed by atoms with van der Waals surface area (Å²) in [5, 5.41) is 3.39. The number of anilines is 1. The maximum Gasteiger partial charge on any atom is 0.296 e. The second-order valence-corrected chi connectivity index (χ2v) is 4.87. The van der Waals surface area contributed by atoms with Gasteiger partial charge in [0, 0.05) is 41.7 Å². The van der Waals surface area contributed by atoms with E-state index in [1.165, 1.54) is 0 Å². The van der Waals surface area contributed by atoms with Gasteiger partial charge in [-0.15, -0.1) is 0 Å². The number of ketones is 1. The molecule has 0 aliphatic carbocycles. The Morgan fingerprint density at radius 1 is 1.14 bits per heavy atom. The molecular formula is C17H15N3O2. The molecule has 0 saturated heterocycles. The molecule has 0 spiro atoms. The number of nitrogens with zero attached hydrogens (tertiary/aromatic N) is 2. The number of hydrogen-bond donors (Lipinski definition) is 1. The van der Waals surface area contributed by atoms with Crippen molar-refractivity contribution in [1.29, 1.82) is 0 Å². The quantitative estimate of drug-likeness (QED) is 0.594. The largest absolute Gasteiger partial charge is 0.347 e. The molecule has 22 heavy (non-hydrogen) atoms. The van der Waals surface area contributed by atoms with Crippen molar-refractivity contribution in [2.45, 2.75) is 13.5 Å². The Kier molecular flexibility index (Phi) is 3.70. The predicted octanol–water partition coefficient (Wildman–Crippen LogP) is 2.88. The first-order chi connectivity index (χ1) is 10.7. The minimum absolute atomic E-state index is 0.420. The van der Waals surface area contributed by atoms with Crippen molar-refractivity contribution in [2.24, 2.45) is 0 Å². The Hall–Kier alpha value is -2.95. The molecule has 2 aromatic heterocycles. The third-order valence-corrected chi connectivity index (χ3v) is 3.52. The van der Waals surface area contributed by atoms with Crippen molar-refractivity contribution in [2.75, 3.05) is 5.32 Å². The van der Waals surface area contributed by atoms with Gasteiger partial charge in [-0.1, -0.05) is 18.2 Å². The number of para-hydroxylation sites is 1. The maximum absolute atomic E-state index is 12.5. The molecule has 1 aromatic carbocycles. The Morgan fingerprint density at radius 3 is 2.59 bits per heavy atom. The number of carbonyl (C=O) groups excluding carboxylic acids is 2. The smallest absolute Gasteiger partial charge is 0.296 e. The molecule has 0 radical (unpaired) electrons. The molecular weight excluding hydrogens is 278 g/mol. The summed E-state index contributed by atoms with van der Waals surface area (Å²) in [6.45, 7) is 2.73. The van der Waals surface area contributed by atoms with E-state index in [4.69, 9.17) is 0 Å². The summed E-state index contributed by atoms with van der Waals surface area (Å²) in [5.41, 5.74) is 1.92. The number of fused-ring (bicyclic) bond motifs is 1. The lowest BCUT2D eigenvalue weighted by molar-refractivity contribution is -0.112. The number of pyridine rings is 1. The standard InChI is InChI=1S/C17H15N3O2/c1-2-20-11-14(13-5-3-4-6-15(13)20)16(21)17(22)19-12-7-9-18-10-8-12/h3-11H,2H2,1H3,(H,18,19,22). The Bertz CT molecular complexity index is 837. The van der Waals surface area contributed by atoms with Crippen molar-refractivity contribution in [3.63, 3.8) is 0 Å². The van der Waals surface area contributed by atoms with Gasteiger partial charge in [0.25, 0.3) is 11.7 Å². The van der Waals surface area contributed by atoms with Crippen molar-refractivity contribution < 1.29 is 9.59 Å². The number of Topliss-reactive ketones (excluding diaryl/α,β-unsaturated/α-hetero) is 1. The molecule has 0 aliphatic heterocycles. The molecule has 0 saturated carbocycles. The molecule has 0 atom stereocenters. The van der Waals surface area contributed by atoms with E-state index in [9.17, 15) is 9.59 Å². The number of aryl methyl sites for hydroxylation is 1. The van der Waals surface area contributed by atoms with Crippen LogP contribution >= 0.6 is 0 Å². The Labute approximate surface area is 127 Å². The van der Waals surface area contributed by atoms with Crippen LogP contribution in [0.4, 0.5) is 5.69 Å². The topological polar surface area (TPSA) is 64.0 Å². The van der Waals surface area contributed by atoms with Gasteiger partial charge in [-0.25, -0.2) is 0 Å². The Morgan fingerprint density at radius 2 is 1.86 bits per heavy atom. The molecule has 5 heteroatoms. The molecule has 3 aromatic rings. The van der Waals surface area contributed by atoms with Gasteiger partial charge < -0.3 is 9.88 Å². The van der Waals surface area contributed by atoms with E-state index < -0.39 is 11.7 Å². The van der Waals surface area contributed by atoms with Gasteiger partial charge in [0.15, 0.2) is 0 Å². The van der Waals surface area contributed by atoms with E-state index in [1.807, 2.05) is 35.8 Å². The van der Waals surface area contributed by atoms with Crippen LogP contribution in [0.25, 0.3) is 10.9 Å². The zero-order chi connectivity index (χ0) is 15.5. The molecule has 1 N–H and O–H groups in total. The van der Waals surface area contributed by atoms with Gasteiger partial charge in [0.05, 0.1) is 5.56 Å². The van der Waals surface area contributed by atoms with Gasteiger partial charge in [-0.2, -0.15) is 0 Å². The Balaban J connectivity index is 1.94. The van der Waals surface area contributed by atoms with Crippen molar-refractivity contribution in [1.82, 2.24) is 9.55 Å². The van der Waals surface area contributed by atoms with E-state index in [1.54, 1.807) is 30.7 Å². The SMILES string of the molecule is CCn1cc(C(=O)C(=O)Nc2ccncc2)c2ccccc21. The number of hydrogen-bond acceptors (Lipinski definition) is 3. The van der Waals surface area contributed by atoms with Crippen LogP contribution in [-0.4, -0.2) is 21.2 Å². The molecule has 0 unspecified atom stereocenters. The van der Waals surface area contributed by atoms with Gasteiger partial charge >= 0.3 is 0 Å². The van der Waals surface area contributed by atoms with Crippen LogP contribution in [0.5, 0.6) is 0 Å². The first kappa shape index (κ1) is 14.0. The highest BCUT2D eigenvalue weighted by Crippen LogP contribution is 2.22. The van der Waals surface area contributed by atoms with E-state index in [0.717, 1.165) is 17.4 Å². The van der Waals surface area contributed by atoms with Gasteiger partial charge in [0.1, 0.15) is 0 Å². The fourth-order valence-electron chi connectivity index (χ4n) is 2.43. The van der Waals surface area contributed by atoms with Gasteiger partial charge in [-0.05, 0) is 25.1 Å². The number of nitrogens with one attached hydrogen (secondary N) is 1. The summed E-state index contributed by atoms with van der Waals surface area (Å²) >= 11 is 0. The monoisotopic (exact) mass is 293 g/mol. The molecule has 110 valence electrons. The molecule has 1 amide bonds. The fourth-order valence-corrected chi connectivity index (χ4v) is 2.43. The van der Waals surface area contributed by atoms with Gasteiger partial charge in [0.2, 0.25) is 0 Å². The second kappa shape index (κ2) is 5.81. The zero-order valence-electron chi connectivity index (χ0n) is 12.1. The number of aromatic nitrogens is 2. The average molecular weight is 293 g/mol. The normalized spacial score (nSPS) is 10.6. The first-order valence-electron chi connectivity index (χ1n) is 7.04. The van der Waals surface area contributed by atoms with Crippen LogP contribution in [0.3, 0.4) is 0 Å². The highest BCUT2D eigenvalue weighted by molar-refractivity contribution is 6.48. The number of benzene rings is 1. The van der Waals surface area contributed by atoms with Gasteiger partial charge in [-0.3, -0.25) is 14.6 Å². The molecule has 0 aliphatic rings. The molecule has 0 bridgehead atoms. The highest BCUT2D eigenvalue weighted by atomic mass is 16.2. The summed E-state index contributed by atoms with van der Waals surface area (Å²) in [5.74, 6) is -1.19. The van der Waals surface area contributed by atoms with E-state index in [0.29, 0.717) is 11.3 Å². The summed E-state index contributed by atoms with van der Waals surface area (Å²) < 4.78 is 1.96. The lowest BCUT2D eigenvalue weighted by Gasteiger charge is -2.03. The molecule has 5 nitrogen and oxygen atoms in total. The second-order valence-electron chi connectivity index (χ2n) is 4.87. The molecule has 2 heterocycles. The zero-order valence-corrected chi connectivity index (χ0v) is 12.1. The first-order valence-corrected chi connectivity index (χ1v) is 7.04. The van der Waals surface area contributed by atoms with Crippen LogP contribution < -0.4 is 5.32 Å². The summed E-state index contributed by atoms with van der Waals surface area (Å²) in [6.07, 6.45) is 4.85. The van der Waals surface area contributed by atoms with Crippen LogP contribution in [0.15, 0.2) is 55.0 Å². The van der Waals surface area contributed by atoms with Crippen molar-refractivity contribution in [3.05, 3.63) is 60.6 Å². The lowest BCUT2D eigenvalue weighted by Crippen LogP contribution is -2.22. The minimum Gasteiger partial charge on any atom is -0.347 e. The average Bonchev–Trinajstić information content (AvgIpc) is 2.94. The number of amides is 1. The molecule has 0 fully saturated rings. The summed E-state index contributed by atoms with van der Waals surface area (Å²) in [7, 11) is 0. The van der Waals surface area contributed by atoms with Crippen molar-refractivity contribution >= 4 is 28.3 Å². The summed E-state index contributed by atoms with van der Waals surface area (Å²) in [6, 6.07) is 10.9.